The van der Waals surface area contributed by atoms with Gasteiger partial charge in [-0.2, -0.15) is 0 Å². The summed E-state index contributed by atoms with van der Waals surface area (Å²) in [5, 5.41) is 0.806. The fourth-order valence-electron chi connectivity index (χ4n) is 1.93. The van der Waals surface area contributed by atoms with Gasteiger partial charge in [-0.15, -0.1) is 0 Å². The number of hydrogen-bond acceptors (Lipinski definition) is 3. The first-order valence-corrected chi connectivity index (χ1v) is 6.11. The molecule has 1 saturated heterocycles. The molecule has 1 aromatic carbocycles. The highest BCUT2D eigenvalue weighted by molar-refractivity contribution is 6.42. The van der Waals surface area contributed by atoms with Crippen LogP contribution in [0.15, 0.2) is 18.2 Å². The monoisotopic (exact) mass is 287 g/mol. The van der Waals surface area contributed by atoms with E-state index in [9.17, 15) is 9.59 Å². The predicted octanol–water partition coefficient (Wildman–Crippen LogP) is 2.52. The van der Waals surface area contributed by atoms with Gasteiger partial charge in [0.05, 0.1) is 23.1 Å². The number of benzene rings is 1. The molecule has 2 rings (SSSR count). The van der Waals surface area contributed by atoms with Crippen molar-refractivity contribution in [1.29, 1.82) is 0 Å². The number of hydrogen-bond donors (Lipinski definition) is 0. The van der Waals surface area contributed by atoms with E-state index in [0.29, 0.717) is 22.3 Å². The van der Waals surface area contributed by atoms with Crippen molar-refractivity contribution in [2.24, 2.45) is 5.92 Å². The Bertz CT molecular complexity index is 504. The maximum atomic E-state index is 11.8. The zero-order valence-electron chi connectivity index (χ0n) is 9.65. The van der Waals surface area contributed by atoms with E-state index in [1.165, 1.54) is 12.0 Å². The van der Waals surface area contributed by atoms with Gasteiger partial charge in [0.15, 0.2) is 0 Å². The third-order valence-electron chi connectivity index (χ3n) is 2.87. The number of ether oxygens (including phenoxy) is 1. The van der Waals surface area contributed by atoms with Crippen LogP contribution in [-0.2, 0) is 14.3 Å². The van der Waals surface area contributed by atoms with Crippen molar-refractivity contribution in [3.8, 4) is 0 Å². The van der Waals surface area contributed by atoms with Crippen molar-refractivity contribution in [2.75, 3.05) is 18.6 Å². The number of methoxy groups -OCH3 is 1. The third kappa shape index (κ3) is 2.44. The molecule has 1 aliphatic rings. The number of nitrogens with zero attached hydrogens (tertiary/aromatic N) is 1. The Kier molecular flexibility index (Phi) is 3.78. The summed E-state index contributed by atoms with van der Waals surface area (Å²) in [5.74, 6) is -0.911. The Morgan fingerprint density at radius 3 is 2.72 bits per heavy atom. The molecule has 18 heavy (non-hydrogen) atoms. The summed E-state index contributed by atoms with van der Waals surface area (Å²) in [6.07, 6.45) is 0.160. The van der Waals surface area contributed by atoms with Crippen LogP contribution in [-0.4, -0.2) is 25.5 Å². The van der Waals surface area contributed by atoms with Gasteiger partial charge in [-0.1, -0.05) is 23.2 Å². The van der Waals surface area contributed by atoms with Crippen LogP contribution in [0.2, 0.25) is 10.0 Å². The molecular weight excluding hydrogens is 277 g/mol. The normalized spacial score (nSPS) is 19.2. The van der Waals surface area contributed by atoms with Gasteiger partial charge in [0, 0.05) is 18.7 Å². The molecule has 96 valence electrons. The Balaban J connectivity index is 2.21. The number of rotatable bonds is 2. The van der Waals surface area contributed by atoms with E-state index in [1.807, 2.05) is 0 Å². The lowest BCUT2D eigenvalue weighted by molar-refractivity contribution is -0.145. The molecule has 1 aromatic rings. The van der Waals surface area contributed by atoms with E-state index in [1.54, 1.807) is 18.2 Å². The topological polar surface area (TPSA) is 46.6 Å². The molecule has 1 fully saturated rings. The van der Waals surface area contributed by atoms with Gasteiger partial charge in [-0.3, -0.25) is 9.59 Å². The smallest absolute Gasteiger partial charge is 0.311 e. The van der Waals surface area contributed by atoms with Crippen molar-refractivity contribution >= 4 is 40.8 Å². The molecule has 0 saturated carbocycles. The second-order valence-corrected chi connectivity index (χ2v) is 4.84. The maximum absolute atomic E-state index is 11.8. The van der Waals surface area contributed by atoms with Gasteiger partial charge < -0.3 is 9.64 Å². The zero-order valence-corrected chi connectivity index (χ0v) is 11.2. The maximum Gasteiger partial charge on any atom is 0.311 e. The zero-order chi connectivity index (χ0) is 13.3. The first kappa shape index (κ1) is 13.2. The van der Waals surface area contributed by atoms with Crippen molar-refractivity contribution in [2.45, 2.75) is 6.42 Å². The minimum atomic E-state index is -0.419. The molecule has 0 radical (unpaired) electrons. The number of carbonyl (C=O) groups excluding carboxylic acids is 2. The van der Waals surface area contributed by atoms with Crippen molar-refractivity contribution in [3.05, 3.63) is 28.2 Å². The molecule has 0 N–H and O–H groups in total. The van der Waals surface area contributed by atoms with Gasteiger partial charge in [0.25, 0.3) is 0 Å². The summed E-state index contributed by atoms with van der Waals surface area (Å²) in [6, 6.07) is 4.94. The molecule has 0 spiro atoms. The van der Waals surface area contributed by atoms with Crippen molar-refractivity contribution in [1.82, 2.24) is 0 Å². The van der Waals surface area contributed by atoms with Gasteiger partial charge in [0.1, 0.15) is 0 Å². The van der Waals surface area contributed by atoms with Crippen molar-refractivity contribution < 1.29 is 14.3 Å². The highest BCUT2D eigenvalue weighted by Crippen LogP contribution is 2.31. The third-order valence-corrected chi connectivity index (χ3v) is 3.61. The number of esters is 1. The van der Waals surface area contributed by atoms with Crippen LogP contribution in [0.5, 0.6) is 0 Å². The molecule has 0 bridgehead atoms. The second-order valence-electron chi connectivity index (χ2n) is 4.03. The van der Waals surface area contributed by atoms with Crippen LogP contribution >= 0.6 is 23.2 Å². The van der Waals surface area contributed by atoms with E-state index >= 15 is 0 Å². The lowest BCUT2D eigenvalue weighted by atomic mass is 10.1. The number of amides is 1. The van der Waals surface area contributed by atoms with E-state index in [4.69, 9.17) is 23.2 Å². The van der Waals surface area contributed by atoms with Gasteiger partial charge >= 0.3 is 5.97 Å². The standard InChI is InChI=1S/C12H11Cl2NO3/c1-18-12(17)7-4-11(16)15(6-7)8-2-3-9(13)10(14)5-8/h2-3,5,7H,4,6H2,1H3/t7-/m0/s1. The van der Waals surface area contributed by atoms with Crippen molar-refractivity contribution in [3.63, 3.8) is 0 Å². The quantitative estimate of drug-likeness (QED) is 0.786. The van der Waals surface area contributed by atoms with Gasteiger partial charge in [-0.25, -0.2) is 0 Å². The highest BCUT2D eigenvalue weighted by atomic mass is 35.5. The van der Waals surface area contributed by atoms with E-state index in [-0.39, 0.29) is 18.3 Å². The average Bonchev–Trinajstić information content (AvgIpc) is 2.74. The van der Waals surface area contributed by atoms with Crippen LogP contribution < -0.4 is 4.90 Å². The Morgan fingerprint density at radius 1 is 1.39 bits per heavy atom. The number of halogens is 2. The molecule has 1 heterocycles. The second kappa shape index (κ2) is 5.16. The molecular formula is C12H11Cl2NO3. The minimum absolute atomic E-state index is 0.121. The molecule has 1 aliphatic heterocycles. The summed E-state index contributed by atoms with van der Waals surface area (Å²) in [4.78, 5) is 24.8. The summed E-state index contributed by atoms with van der Waals surface area (Å²) in [6.45, 7) is 0.309. The average molecular weight is 288 g/mol. The van der Waals surface area contributed by atoms with Crippen LogP contribution in [0, 0.1) is 5.92 Å². The van der Waals surface area contributed by atoms with E-state index < -0.39 is 5.92 Å². The Morgan fingerprint density at radius 2 is 2.11 bits per heavy atom. The van der Waals surface area contributed by atoms with Gasteiger partial charge in [-0.05, 0) is 18.2 Å². The van der Waals surface area contributed by atoms with E-state index in [2.05, 4.69) is 4.74 Å². The Hall–Kier alpha value is -1.26. The van der Waals surface area contributed by atoms with Crippen LogP contribution in [0.4, 0.5) is 5.69 Å². The van der Waals surface area contributed by atoms with Crippen LogP contribution in [0.3, 0.4) is 0 Å². The number of carbonyl (C=O) groups is 2. The molecule has 6 heteroatoms. The first-order valence-electron chi connectivity index (χ1n) is 5.36. The molecule has 1 atom stereocenters. The van der Waals surface area contributed by atoms with Crippen LogP contribution in [0.1, 0.15) is 6.42 Å². The lowest BCUT2D eigenvalue weighted by Gasteiger charge is -2.16. The summed E-state index contributed by atoms with van der Waals surface area (Å²) in [5.41, 5.74) is 0.640. The Labute approximate surface area is 114 Å². The number of anilines is 1. The summed E-state index contributed by atoms with van der Waals surface area (Å²) in [7, 11) is 1.31. The molecule has 0 aromatic heterocycles. The summed E-state index contributed by atoms with van der Waals surface area (Å²) < 4.78 is 4.64. The molecule has 1 amide bonds. The molecule has 0 aliphatic carbocycles. The fourth-order valence-corrected chi connectivity index (χ4v) is 2.23. The lowest BCUT2D eigenvalue weighted by Crippen LogP contribution is -2.26. The predicted molar refractivity (Wildman–Crippen MR) is 68.9 cm³/mol. The highest BCUT2D eigenvalue weighted by Gasteiger charge is 2.35. The van der Waals surface area contributed by atoms with Crippen LogP contribution in [0.25, 0.3) is 0 Å². The first-order chi connectivity index (χ1) is 8.52. The summed E-state index contributed by atoms with van der Waals surface area (Å²) >= 11 is 11.7. The molecule has 4 nitrogen and oxygen atoms in total. The van der Waals surface area contributed by atoms with Gasteiger partial charge in [0.2, 0.25) is 5.91 Å². The largest absolute Gasteiger partial charge is 0.469 e. The van der Waals surface area contributed by atoms with E-state index in [0.717, 1.165) is 0 Å². The SMILES string of the molecule is COC(=O)[C@H]1CC(=O)N(c2ccc(Cl)c(Cl)c2)C1. The minimum Gasteiger partial charge on any atom is -0.469 e. The molecule has 0 unspecified atom stereocenters. The fraction of sp³-hybridized carbons (Fsp3) is 0.333.